The topological polar surface area (TPSA) is 87.2 Å². The van der Waals surface area contributed by atoms with Crippen molar-refractivity contribution < 1.29 is 24.2 Å². The number of ether oxygens (including phenoxy) is 1. The molecule has 0 spiro atoms. The molecule has 1 aliphatic heterocycles. The summed E-state index contributed by atoms with van der Waals surface area (Å²) in [5.41, 5.74) is 0. The number of carbonyl (C=O) groups is 3. The second-order valence-electron chi connectivity index (χ2n) is 5.03. The van der Waals surface area contributed by atoms with E-state index in [2.05, 4.69) is 15.9 Å². The third-order valence-electron chi connectivity index (χ3n) is 3.48. The van der Waals surface area contributed by atoms with Gasteiger partial charge in [0, 0.05) is 30.7 Å². The molecule has 0 unspecified atom stereocenters. The Morgan fingerprint density at radius 3 is 2.39 bits per heavy atom. The van der Waals surface area contributed by atoms with E-state index in [-0.39, 0.29) is 32.0 Å². The van der Waals surface area contributed by atoms with Gasteiger partial charge in [0.15, 0.2) is 0 Å². The summed E-state index contributed by atoms with van der Waals surface area (Å²) >= 11 is 3.34. The van der Waals surface area contributed by atoms with E-state index in [1.165, 1.54) is 4.90 Å². The lowest BCUT2D eigenvalue weighted by Crippen LogP contribution is -2.52. The van der Waals surface area contributed by atoms with Gasteiger partial charge < -0.3 is 19.6 Å². The zero-order valence-corrected chi connectivity index (χ0v) is 14.0. The molecule has 0 aliphatic carbocycles. The van der Waals surface area contributed by atoms with Gasteiger partial charge in [-0.3, -0.25) is 9.59 Å². The number of carbonyl (C=O) groups excluding carboxylic acids is 2. The Balaban J connectivity index is 1.73. The van der Waals surface area contributed by atoms with E-state index in [1.54, 1.807) is 4.90 Å². The Kier molecular flexibility index (Phi) is 5.97. The van der Waals surface area contributed by atoms with Crippen LogP contribution in [0.25, 0.3) is 0 Å². The maximum atomic E-state index is 12.1. The lowest BCUT2D eigenvalue weighted by molar-refractivity contribution is -0.157. The van der Waals surface area contributed by atoms with Gasteiger partial charge in [-0.25, -0.2) is 4.79 Å². The van der Waals surface area contributed by atoms with Crippen molar-refractivity contribution in [3.63, 3.8) is 0 Å². The molecule has 1 aromatic rings. The first-order valence-electron chi connectivity index (χ1n) is 7.15. The number of rotatable bonds is 4. The summed E-state index contributed by atoms with van der Waals surface area (Å²) in [6, 6.07) is 7.36. The van der Waals surface area contributed by atoms with Crippen LogP contribution >= 0.6 is 15.9 Å². The first-order chi connectivity index (χ1) is 11.0. The van der Waals surface area contributed by atoms with Crippen molar-refractivity contribution in [1.82, 2.24) is 9.80 Å². The molecule has 0 bridgehead atoms. The number of nitrogens with zero attached hydrogens (tertiary/aromatic N) is 2. The molecule has 23 heavy (non-hydrogen) atoms. The first-order valence-corrected chi connectivity index (χ1v) is 7.95. The van der Waals surface area contributed by atoms with E-state index in [1.807, 2.05) is 24.3 Å². The van der Waals surface area contributed by atoms with E-state index < -0.39 is 11.9 Å². The maximum Gasteiger partial charge on any atom is 0.394 e. The van der Waals surface area contributed by atoms with Crippen molar-refractivity contribution >= 4 is 33.7 Å². The molecule has 1 N–H and O–H groups in total. The minimum Gasteiger partial charge on any atom is -0.493 e. The lowest BCUT2D eigenvalue weighted by Gasteiger charge is -2.33. The van der Waals surface area contributed by atoms with Crippen LogP contribution in [0.2, 0.25) is 0 Å². The predicted molar refractivity (Wildman–Crippen MR) is 85.0 cm³/mol. The van der Waals surface area contributed by atoms with Crippen molar-refractivity contribution in [2.75, 3.05) is 32.8 Å². The first kappa shape index (κ1) is 17.3. The fraction of sp³-hybridized carbons (Fsp3) is 0.400. The number of hydrogen-bond donors (Lipinski definition) is 1. The van der Waals surface area contributed by atoms with Crippen LogP contribution < -0.4 is 4.74 Å². The van der Waals surface area contributed by atoms with Gasteiger partial charge >= 0.3 is 11.9 Å². The molecule has 124 valence electrons. The molecule has 0 aromatic heterocycles. The molecule has 7 nitrogen and oxygen atoms in total. The SMILES string of the molecule is O=C(O)C(=O)N1CCN(C(=O)CCOc2cccc(Br)c2)CC1. The molecule has 0 radical (unpaired) electrons. The molecule has 1 fully saturated rings. The van der Waals surface area contributed by atoms with Gasteiger partial charge in [0.2, 0.25) is 5.91 Å². The van der Waals surface area contributed by atoms with Crippen LogP contribution in [0.4, 0.5) is 0 Å². The average Bonchev–Trinajstić information content (AvgIpc) is 2.54. The lowest BCUT2D eigenvalue weighted by atomic mass is 10.2. The standard InChI is InChI=1S/C15H17BrN2O5/c16-11-2-1-3-12(10-11)23-9-4-13(19)17-5-7-18(8-6-17)14(20)15(21)22/h1-3,10H,4-9H2,(H,21,22). The summed E-state index contributed by atoms with van der Waals surface area (Å²) in [6.45, 7) is 1.43. The molecular formula is C15H17BrN2O5. The van der Waals surface area contributed by atoms with Crippen molar-refractivity contribution in [3.05, 3.63) is 28.7 Å². The molecule has 1 aliphatic rings. The largest absolute Gasteiger partial charge is 0.493 e. The number of piperazine rings is 1. The fourth-order valence-electron chi connectivity index (χ4n) is 2.27. The monoisotopic (exact) mass is 384 g/mol. The van der Waals surface area contributed by atoms with Crippen molar-refractivity contribution in [3.8, 4) is 5.75 Å². The van der Waals surface area contributed by atoms with Crippen LogP contribution in [0, 0.1) is 0 Å². The van der Waals surface area contributed by atoms with Crippen LogP contribution in [-0.2, 0) is 14.4 Å². The molecule has 1 heterocycles. The Hall–Kier alpha value is -2.09. The zero-order chi connectivity index (χ0) is 16.8. The van der Waals surface area contributed by atoms with E-state index >= 15 is 0 Å². The number of carboxylic acid groups (broad SMARTS) is 1. The minimum absolute atomic E-state index is 0.0672. The maximum absolute atomic E-state index is 12.1. The molecular weight excluding hydrogens is 368 g/mol. The Morgan fingerprint density at radius 1 is 1.13 bits per heavy atom. The number of halogens is 1. The summed E-state index contributed by atoms with van der Waals surface area (Å²) in [7, 11) is 0. The number of hydrogen-bond acceptors (Lipinski definition) is 4. The molecule has 2 rings (SSSR count). The fourth-order valence-corrected chi connectivity index (χ4v) is 2.64. The number of benzene rings is 1. The smallest absolute Gasteiger partial charge is 0.394 e. The Morgan fingerprint density at radius 2 is 1.78 bits per heavy atom. The minimum atomic E-state index is -1.47. The highest BCUT2D eigenvalue weighted by molar-refractivity contribution is 9.10. The number of amides is 2. The quantitative estimate of drug-likeness (QED) is 0.781. The third-order valence-corrected chi connectivity index (χ3v) is 3.98. The van der Waals surface area contributed by atoms with Gasteiger partial charge in [-0.1, -0.05) is 22.0 Å². The number of aliphatic carboxylic acids is 1. The van der Waals surface area contributed by atoms with Gasteiger partial charge in [0.25, 0.3) is 0 Å². The van der Waals surface area contributed by atoms with E-state index in [4.69, 9.17) is 9.84 Å². The summed E-state index contributed by atoms with van der Waals surface area (Å²) < 4.78 is 6.42. The van der Waals surface area contributed by atoms with Gasteiger partial charge in [-0.15, -0.1) is 0 Å². The molecule has 1 aromatic carbocycles. The second-order valence-corrected chi connectivity index (χ2v) is 5.95. The highest BCUT2D eigenvalue weighted by Crippen LogP contribution is 2.17. The molecule has 1 saturated heterocycles. The van der Waals surface area contributed by atoms with Crippen LogP contribution in [0.15, 0.2) is 28.7 Å². The van der Waals surface area contributed by atoms with E-state index in [9.17, 15) is 14.4 Å². The summed E-state index contributed by atoms with van der Waals surface area (Å²) in [4.78, 5) is 36.9. The molecule has 8 heteroatoms. The summed E-state index contributed by atoms with van der Waals surface area (Å²) in [5.74, 6) is -1.77. The van der Waals surface area contributed by atoms with Gasteiger partial charge in [-0.05, 0) is 18.2 Å². The van der Waals surface area contributed by atoms with Gasteiger partial charge in [-0.2, -0.15) is 0 Å². The van der Waals surface area contributed by atoms with Crippen molar-refractivity contribution in [2.45, 2.75) is 6.42 Å². The normalized spacial score (nSPS) is 14.5. The predicted octanol–water partition coefficient (Wildman–Crippen LogP) is 0.973. The third kappa shape index (κ3) is 4.95. The summed E-state index contributed by atoms with van der Waals surface area (Å²) in [6.07, 6.45) is 0.236. The Labute approximate surface area is 141 Å². The van der Waals surface area contributed by atoms with Crippen molar-refractivity contribution in [1.29, 1.82) is 0 Å². The molecule has 2 amide bonds. The Bertz CT molecular complexity index is 599. The van der Waals surface area contributed by atoms with Crippen molar-refractivity contribution in [2.24, 2.45) is 0 Å². The molecule has 0 atom stereocenters. The van der Waals surface area contributed by atoms with Crippen LogP contribution in [0.3, 0.4) is 0 Å². The van der Waals surface area contributed by atoms with Gasteiger partial charge in [0.05, 0.1) is 13.0 Å². The average molecular weight is 385 g/mol. The van der Waals surface area contributed by atoms with E-state index in [0.29, 0.717) is 18.8 Å². The van der Waals surface area contributed by atoms with E-state index in [0.717, 1.165) is 4.47 Å². The summed E-state index contributed by atoms with van der Waals surface area (Å²) in [5, 5.41) is 8.66. The van der Waals surface area contributed by atoms with Crippen LogP contribution in [0.5, 0.6) is 5.75 Å². The highest BCUT2D eigenvalue weighted by Gasteiger charge is 2.27. The van der Waals surface area contributed by atoms with Gasteiger partial charge in [0.1, 0.15) is 5.75 Å². The zero-order valence-electron chi connectivity index (χ0n) is 12.4. The van der Waals surface area contributed by atoms with Crippen LogP contribution in [-0.4, -0.2) is 65.5 Å². The van der Waals surface area contributed by atoms with Crippen LogP contribution in [0.1, 0.15) is 6.42 Å². The second kappa shape index (κ2) is 7.96. The highest BCUT2D eigenvalue weighted by atomic mass is 79.9. The molecule has 0 saturated carbocycles. The number of carboxylic acids is 1.